The van der Waals surface area contributed by atoms with E-state index in [1.54, 1.807) is 0 Å². The third kappa shape index (κ3) is 4.31. The highest BCUT2D eigenvalue weighted by atomic mass is 16.1. The molecule has 0 fully saturated rings. The third-order valence-electron chi connectivity index (χ3n) is 3.04. The van der Waals surface area contributed by atoms with Crippen LogP contribution in [0.2, 0.25) is 0 Å². The second kappa shape index (κ2) is 7.23. The molecule has 2 N–H and O–H groups in total. The summed E-state index contributed by atoms with van der Waals surface area (Å²) in [6, 6.07) is 8.02. The number of carbonyl (C=O) groups excluding carboxylic acids is 1. The number of Topliss-reactive ketones (excluding diaryl/α,β-unsaturated/α-hetero) is 1. The van der Waals surface area contributed by atoms with Crippen LogP contribution in [0, 0.1) is 5.92 Å². The highest BCUT2D eigenvalue weighted by molar-refractivity contribution is 5.97. The Kier molecular flexibility index (Phi) is 5.92. The van der Waals surface area contributed by atoms with E-state index in [4.69, 9.17) is 5.73 Å². The average Bonchev–Trinajstić information content (AvgIpc) is 2.35. The van der Waals surface area contributed by atoms with Gasteiger partial charge in [-0.05, 0) is 37.4 Å². The topological polar surface area (TPSA) is 43.1 Å². The Hall–Kier alpha value is -1.15. The van der Waals surface area contributed by atoms with Gasteiger partial charge in [-0.15, -0.1) is 0 Å². The molecule has 0 saturated heterocycles. The molecule has 2 heteroatoms. The standard InChI is InChI=1S/C15H23NO/c1-3-6-13-8-4-9-14(11-13)15(17)12(2)7-5-10-16/h4,8-9,11-12H,3,5-7,10,16H2,1-2H3. The number of nitrogens with two attached hydrogens (primary N) is 1. The van der Waals surface area contributed by atoms with E-state index >= 15 is 0 Å². The zero-order chi connectivity index (χ0) is 12.7. The van der Waals surface area contributed by atoms with E-state index in [9.17, 15) is 4.79 Å². The van der Waals surface area contributed by atoms with Crippen LogP contribution >= 0.6 is 0 Å². The summed E-state index contributed by atoms with van der Waals surface area (Å²) >= 11 is 0. The van der Waals surface area contributed by atoms with Crippen LogP contribution in [0.25, 0.3) is 0 Å². The SMILES string of the molecule is CCCc1cccc(C(=O)C(C)CCCN)c1. The van der Waals surface area contributed by atoms with E-state index < -0.39 is 0 Å². The van der Waals surface area contributed by atoms with Crippen LogP contribution in [0.1, 0.15) is 49.0 Å². The lowest BCUT2D eigenvalue weighted by atomic mass is 9.93. The minimum Gasteiger partial charge on any atom is -0.330 e. The normalized spacial score (nSPS) is 12.4. The van der Waals surface area contributed by atoms with Crippen molar-refractivity contribution >= 4 is 5.78 Å². The fraction of sp³-hybridized carbons (Fsp3) is 0.533. The molecule has 1 rings (SSSR count). The van der Waals surface area contributed by atoms with Gasteiger partial charge in [0.15, 0.2) is 5.78 Å². The van der Waals surface area contributed by atoms with Gasteiger partial charge in [-0.1, -0.05) is 38.5 Å². The van der Waals surface area contributed by atoms with Gasteiger partial charge in [0.25, 0.3) is 0 Å². The van der Waals surface area contributed by atoms with Gasteiger partial charge >= 0.3 is 0 Å². The van der Waals surface area contributed by atoms with Crippen molar-refractivity contribution in [1.82, 2.24) is 0 Å². The highest BCUT2D eigenvalue weighted by Gasteiger charge is 2.14. The molecule has 94 valence electrons. The first-order valence-corrected chi connectivity index (χ1v) is 6.52. The second-order valence-corrected chi connectivity index (χ2v) is 4.65. The Morgan fingerprint density at radius 1 is 1.41 bits per heavy atom. The minimum atomic E-state index is 0.0791. The van der Waals surface area contributed by atoms with Gasteiger partial charge in [-0.25, -0.2) is 0 Å². The van der Waals surface area contributed by atoms with E-state index in [-0.39, 0.29) is 11.7 Å². The molecule has 0 aliphatic rings. The lowest BCUT2D eigenvalue weighted by Gasteiger charge is -2.10. The van der Waals surface area contributed by atoms with Crippen LogP contribution in [0.3, 0.4) is 0 Å². The molecule has 1 aromatic carbocycles. The lowest BCUT2D eigenvalue weighted by Crippen LogP contribution is -2.13. The molecule has 1 unspecified atom stereocenters. The molecule has 0 heterocycles. The number of carbonyl (C=O) groups is 1. The molecule has 1 aromatic rings. The van der Waals surface area contributed by atoms with Crippen LogP contribution in [-0.2, 0) is 6.42 Å². The van der Waals surface area contributed by atoms with Crippen LogP contribution in [0.5, 0.6) is 0 Å². The van der Waals surface area contributed by atoms with E-state index in [1.807, 2.05) is 25.1 Å². The van der Waals surface area contributed by atoms with Gasteiger partial charge in [-0.2, -0.15) is 0 Å². The Morgan fingerprint density at radius 3 is 2.82 bits per heavy atom. The summed E-state index contributed by atoms with van der Waals surface area (Å²) < 4.78 is 0. The van der Waals surface area contributed by atoms with Gasteiger partial charge < -0.3 is 5.73 Å². The maximum absolute atomic E-state index is 12.2. The molecule has 0 saturated carbocycles. The Balaban J connectivity index is 2.70. The van der Waals surface area contributed by atoms with Gasteiger partial charge in [0.2, 0.25) is 0 Å². The average molecular weight is 233 g/mol. The first-order chi connectivity index (χ1) is 8.19. The van der Waals surface area contributed by atoms with Crippen molar-refractivity contribution < 1.29 is 4.79 Å². The summed E-state index contributed by atoms with van der Waals surface area (Å²) in [7, 11) is 0. The molecule has 2 nitrogen and oxygen atoms in total. The quantitative estimate of drug-likeness (QED) is 0.735. The van der Waals surface area contributed by atoms with Gasteiger partial charge in [-0.3, -0.25) is 4.79 Å². The number of rotatable bonds is 7. The molecule has 0 aliphatic carbocycles. The summed E-state index contributed by atoms with van der Waals surface area (Å²) in [5.41, 5.74) is 7.57. The van der Waals surface area contributed by atoms with E-state index in [2.05, 4.69) is 13.0 Å². The van der Waals surface area contributed by atoms with Gasteiger partial charge in [0, 0.05) is 11.5 Å². The number of aryl methyl sites for hydroxylation is 1. The largest absolute Gasteiger partial charge is 0.330 e. The number of hydrogen-bond acceptors (Lipinski definition) is 2. The summed E-state index contributed by atoms with van der Waals surface area (Å²) in [6.45, 7) is 4.80. The Morgan fingerprint density at radius 2 is 2.18 bits per heavy atom. The van der Waals surface area contributed by atoms with Gasteiger partial charge in [0.05, 0.1) is 0 Å². The van der Waals surface area contributed by atoms with Crippen LogP contribution in [0.4, 0.5) is 0 Å². The minimum absolute atomic E-state index is 0.0791. The first-order valence-electron chi connectivity index (χ1n) is 6.52. The van der Waals surface area contributed by atoms with Crippen molar-refractivity contribution in [3.8, 4) is 0 Å². The second-order valence-electron chi connectivity index (χ2n) is 4.65. The number of hydrogen-bond donors (Lipinski definition) is 1. The fourth-order valence-corrected chi connectivity index (χ4v) is 2.01. The number of benzene rings is 1. The van der Waals surface area contributed by atoms with E-state index in [1.165, 1.54) is 5.56 Å². The smallest absolute Gasteiger partial charge is 0.165 e. The van der Waals surface area contributed by atoms with Crippen molar-refractivity contribution in [2.45, 2.75) is 39.5 Å². The van der Waals surface area contributed by atoms with Gasteiger partial charge in [0.1, 0.15) is 0 Å². The monoisotopic (exact) mass is 233 g/mol. The first kappa shape index (κ1) is 13.9. The zero-order valence-corrected chi connectivity index (χ0v) is 10.9. The van der Waals surface area contributed by atoms with Crippen LogP contribution in [-0.4, -0.2) is 12.3 Å². The van der Waals surface area contributed by atoms with Crippen molar-refractivity contribution in [3.05, 3.63) is 35.4 Å². The molecule has 1 atom stereocenters. The molecule has 0 amide bonds. The molecule has 17 heavy (non-hydrogen) atoms. The van der Waals surface area contributed by atoms with E-state index in [0.29, 0.717) is 6.54 Å². The van der Waals surface area contributed by atoms with Crippen molar-refractivity contribution in [3.63, 3.8) is 0 Å². The summed E-state index contributed by atoms with van der Waals surface area (Å²) in [6.07, 6.45) is 3.95. The van der Waals surface area contributed by atoms with Crippen LogP contribution in [0.15, 0.2) is 24.3 Å². The van der Waals surface area contributed by atoms with Crippen LogP contribution < -0.4 is 5.73 Å². The predicted octanol–water partition coefficient (Wildman–Crippen LogP) is 3.20. The molecular formula is C15H23NO. The fourth-order valence-electron chi connectivity index (χ4n) is 2.01. The van der Waals surface area contributed by atoms with Crippen molar-refractivity contribution in [2.24, 2.45) is 11.7 Å². The zero-order valence-electron chi connectivity index (χ0n) is 10.9. The predicted molar refractivity (Wildman–Crippen MR) is 72.2 cm³/mol. The summed E-state index contributed by atoms with van der Waals surface area (Å²) in [5.74, 6) is 0.326. The molecule has 0 spiro atoms. The number of ketones is 1. The van der Waals surface area contributed by atoms with E-state index in [0.717, 1.165) is 31.2 Å². The van der Waals surface area contributed by atoms with Crippen molar-refractivity contribution in [1.29, 1.82) is 0 Å². The maximum atomic E-state index is 12.2. The third-order valence-corrected chi connectivity index (χ3v) is 3.04. The maximum Gasteiger partial charge on any atom is 0.165 e. The highest BCUT2D eigenvalue weighted by Crippen LogP contribution is 2.15. The molecule has 0 aromatic heterocycles. The molecule has 0 radical (unpaired) electrons. The summed E-state index contributed by atoms with van der Waals surface area (Å²) in [4.78, 5) is 12.2. The molecular weight excluding hydrogens is 210 g/mol. The lowest BCUT2D eigenvalue weighted by molar-refractivity contribution is 0.0923. The molecule has 0 aliphatic heterocycles. The summed E-state index contributed by atoms with van der Waals surface area (Å²) in [5, 5.41) is 0. The Bertz CT molecular complexity index is 360. The van der Waals surface area contributed by atoms with Crippen molar-refractivity contribution in [2.75, 3.05) is 6.54 Å². The Labute approximate surface area is 104 Å². The molecule has 0 bridgehead atoms.